The Hall–Kier alpha value is -2.87. The van der Waals surface area contributed by atoms with Crippen LogP contribution in [0, 0.1) is 11.7 Å². The van der Waals surface area contributed by atoms with Crippen molar-refractivity contribution in [1.29, 1.82) is 0 Å². The molecule has 30 heavy (non-hydrogen) atoms. The van der Waals surface area contributed by atoms with E-state index in [1.165, 1.54) is 25.3 Å². The Morgan fingerprint density at radius 1 is 1.27 bits per heavy atom. The molecule has 160 valence electrons. The molecule has 2 aromatic carbocycles. The molecular formula is C22H23BrFNO5. The molecule has 0 saturated heterocycles. The van der Waals surface area contributed by atoms with Gasteiger partial charge in [-0.25, -0.2) is 9.18 Å². The van der Waals surface area contributed by atoms with Crippen molar-refractivity contribution in [3.8, 4) is 11.5 Å². The van der Waals surface area contributed by atoms with Gasteiger partial charge < -0.3 is 19.9 Å². The van der Waals surface area contributed by atoms with Crippen LogP contribution in [0.4, 0.5) is 4.39 Å². The zero-order valence-electron chi connectivity index (χ0n) is 16.8. The maximum absolute atomic E-state index is 13.8. The van der Waals surface area contributed by atoms with Crippen LogP contribution in [0.15, 0.2) is 46.9 Å². The lowest BCUT2D eigenvalue weighted by Crippen LogP contribution is -2.43. The van der Waals surface area contributed by atoms with Gasteiger partial charge in [-0.15, -0.1) is 0 Å². The average molecular weight is 480 g/mol. The van der Waals surface area contributed by atoms with Crippen molar-refractivity contribution in [3.63, 3.8) is 0 Å². The molecule has 2 aromatic rings. The Balaban J connectivity index is 2.14. The molecule has 8 heteroatoms. The number of aliphatic carboxylic acids is 1. The summed E-state index contributed by atoms with van der Waals surface area (Å²) in [5, 5.41) is 11.6. The van der Waals surface area contributed by atoms with Gasteiger partial charge in [0.2, 0.25) is 5.91 Å². The van der Waals surface area contributed by atoms with E-state index in [-0.39, 0.29) is 18.3 Å². The maximum Gasteiger partial charge on any atom is 0.326 e. The number of benzene rings is 2. The molecule has 6 nitrogen and oxygen atoms in total. The van der Waals surface area contributed by atoms with Crippen molar-refractivity contribution in [3.05, 3.63) is 63.9 Å². The smallest absolute Gasteiger partial charge is 0.326 e. The Morgan fingerprint density at radius 3 is 2.57 bits per heavy atom. The van der Waals surface area contributed by atoms with Crippen LogP contribution in [-0.4, -0.2) is 30.1 Å². The Bertz CT molecular complexity index is 945. The number of carbonyl (C=O) groups is 2. The lowest BCUT2D eigenvalue weighted by atomic mass is 10.0. The van der Waals surface area contributed by atoms with Gasteiger partial charge in [-0.05, 0) is 51.7 Å². The maximum atomic E-state index is 13.8. The van der Waals surface area contributed by atoms with Crippen molar-refractivity contribution >= 4 is 33.9 Å². The highest BCUT2D eigenvalue weighted by Gasteiger charge is 2.22. The highest BCUT2D eigenvalue weighted by Crippen LogP contribution is 2.37. The van der Waals surface area contributed by atoms with Crippen LogP contribution < -0.4 is 14.8 Å². The summed E-state index contributed by atoms with van der Waals surface area (Å²) >= 11 is 3.41. The van der Waals surface area contributed by atoms with E-state index < -0.39 is 17.9 Å². The fourth-order valence-electron chi connectivity index (χ4n) is 2.63. The van der Waals surface area contributed by atoms with Crippen LogP contribution in [0.25, 0.3) is 6.08 Å². The average Bonchev–Trinajstić information content (AvgIpc) is 2.69. The summed E-state index contributed by atoms with van der Waals surface area (Å²) in [5.74, 6) is -1.43. The third-order valence-electron chi connectivity index (χ3n) is 4.24. The van der Waals surface area contributed by atoms with Crippen LogP contribution >= 0.6 is 15.9 Å². The molecule has 1 amide bonds. The molecule has 1 unspecified atom stereocenters. The van der Waals surface area contributed by atoms with E-state index in [1.54, 1.807) is 44.2 Å². The van der Waals surface area contributed by atoms with E-state index in [4.69, 9.17) is 14.6 Å². The largest absolute Gasteiger partial charge is 0.493 e. The number of carboxylic acids is 1. The summed E-state index contributed by atoms with van der Waals surface area (Å²) in [6, 6.07) is 8.71. The first-order chi connectivity index (χ1) is 14.2. The van der Waals surface area contributed by atoms with E-state index in [0.717, 1.165) is 0 Å². The predicted molar refractivity (Wildman–Crippen MR) is 115 cm³/mol. The molecule has 0 radical (unpaired) electrons. The molecule has 0 spiro atoms. The number of methoxy groups -OCH3 is 1. The monoisotopic (exact) mass is 479 g/mol. The fourth-order valence-corrected chi connectivity index (χ4v) is 3.20. The Kier molecular flexibility index (Phi) is 8.41. The van der Waals surface area contributed by atoms with Gasteiger partial charge in [0.25, 0.3) is 0 Å². The van der Waals surface area contributed by atoms with Gasteiger partial charge in [0.15, 0.2) is 11.5 Å². The van der Waals surface area contributed by atoms with E-state index in [9.17, 15) is 14.0 Å². The number of halogens is 2. The number of hydrogen-bond donors (Lipinski definition) is 2. The van der Waals surface area contributed by atoms with E-state index in [2.05, 4.69) is 21.2 Å². The first-order valence-corrected chi connectivity index (χ1v) is 9.97. The topological polar surface area (TPSA) is 84.9 Å². The van der Waals surface area contributed by atoms with Gasteiger partial charge in [-0.2, -0.15) is 0 Å². The van der Waals surface area contributed by atoms with Crippen LogP contribution in [0.1, 0.15) is 25.0 Å². The van der Waals surface area contributed by atoms with Crippen molar-refractivity contribution in [1.82, 2.24) is 5.32 Å². The predicted octanol–water partition coefficient (Wildman–Crippen LogP) is 4.41. The van der Waals surface area contributed by atoms with Gasteiger partial charge in [0.05, 0.1) is 11.6 Å². The number of carbonyl (C=O) groups excluding carboxylic acids is 1. The number of nitrogens with one attached hydrogen (secondary N) is 1. The highest BCUT2D eigenvalue weighted by atomic mass is 79.9. The summed E-state index contributed by atoms with van der Waals surface area (Å²) < 4.78 is 25.4. The van der Waals surface area contributed by atoms with Gasteiger partial charge in [0.1, 0.15) is 18.5 Å². The van der Waals surface area contributed by atoms with Gasteiger partial charge >= 0.3 is 5.97 Å². The summed E-state index contributed by atoms with van der Waals surface area (Å²) in [6.45, 7) is 3.45. The van der Waals surface area contributed by atoms with Crippen molar-refractivity contribution in [2.24, 2.45) is 5.92 Å². The van der Waals surface area contributed by atoms with Crippen molar-refractivity contribution in [2.45, 2.75) is 26.5 Å². The quantitative estimate of drug-likeness (QED) is 0.520. The summed E-state index contributed by atoms with van der Waals surface area (Å²) in [7, 11) is 1.47. The molecule has 0 aromatic heterocycles. The lowest BCUT2D eigenvalue weighted by Gasteiger charge is -2.16. The van der Waals surface area contributed by atoms with Crippen LogP contribution in [0.2, 0.25) is 0 Å². The second-order valence-electron chi connectivity index (χ2n) is 6.82. The zero-order valence-corrected chi connectivity index (χ0v) is 18.4. The van der Waals surface area contributed by atoms with Gasteiger partial charge in [-0.1, -0.05) is 32.0 Å². The van der Waals surface area contributed by atoms with Crippen LogP contribution in [-0.2, 0) is 16.2 Å². The lowest BCUT2D eigenvalue weighted by molar-refractivity contribution is -0.142. The van der Waals surface area contributed by atoms with Crippen LogP contribution in [0.3, 0.4) is 0 Å². The summed E-state index contributed by atoms with van der Waals surface area (Å²) in [6.07, 6.45) is 2.78. The molecule has 0 aliphatic heterocycles. The third kappa shape index (κ3) is 6.32. The molecule has 0 aliphatic carbocycles. The van der Waals surface area contributed by atoms with E-state index >= 15 is 0 Å². The minimum Gasteiger partial charge on any atom is -0.493 e. The Morgan fingerprint density at radius 2 is 1.97 bits per heavy atom. The fraction of sp³-hybridized carbons (Fsp3) is 0.273. The first-order valence-electron chi connectivity index (χ1n) is 9.18. The summed E-state index contributed by atoms with van der Waals surface area (Å²) in [4.78, 5) is 23.3. The molecule has 1 atom stereocenters. The summed E-state index contributed by atoms with van der Waals surface area (Å²) in [5.41, 5.74) is 1.04. The molecule has 0 bridgehead atoms. The molecule has 0 heterocycles. The highest BCUT2D eigenvalue weighted by molar-refractivity contribution is 9.10. The number of carboxylic acid groups (broad SMARTS) is 1. The number of ether oxygens (including phenoxy) is 2. The first kappa shape index (κ1) is 23.4. The number of rotatable bonds is 9. The minimum atomic E-state index is -1.09. The molecule has 0 aliphatic rings. The minimum absolute atomic E-state index is 0.0189. The molecule has 0 saturated carbocycles. The molecule has 2 N–H and O–H groups in total. The molecular weight excluding hydrogens is 457 g/mol. The second-order valence-corrected chi connectivity index (χ2v) is 7.67. The normalized spacial score (nSPS) is 12.1. The van der Waals surface area contributed by atoms with Crippen molar-refractivity contribution in [2.75, 3.05) is 7.11 Å². The van der Waals surface area contributed by atoms with Gasteiger partial charge in [-0.3, -0.25) is 4.79 Å². The molecule has 0 fully saturated rings. The zero-order chi connectivity index (χ0) is 22.3. The third-order valence-corrected chi connectivity index (χ3v) is 4.83. The standard InChI is InChI=1S/C22H23BrFNO5/c1-13(2)20(22(27)28)25-19(26)9-8-14-10-16(23)21(18(11-14)29-3)30-12-15-6-4-5-7-17(15)24/h4-11,13,20H,12H2,1-3H3,(H,25,26)(H,27,28)/b9-8+. The second kappa shape index (κ2) is 10.8. The van der Waals surface area contributed by atoms with E-state index in [0.29, 0.717) is 27.1 Å². The Labute approximate surface area is 182 Å². The molecule has 2 rings (SSSR count). The number of amides is 1. The number of hydrogen-bond acceptors (Lipinski definition) is 4. The SMILES string of the molecule is COc1cc(/C=C/C(=O)NC(C(=O)O)C(C)C)cc(Br)c1OCc1ccccc1F. The van der Waals surface area contributed by atoms with E-state index in [1.807, 2.05) is 0 Å². The van der Waals surface area contributed by atoms with Crippen molar-refractivity contribution < 1.29 is 28.6 Å². The van der Waals surface area contributed by atoms with Gasteiger partial charge in [0, 0.05) is 11.6 Å². The van der Waals surface area contributed by atoms with Crippen LogP contribution in [0.5, 0.6) is 11.5 Å².